The molecule has 0 fully saturated rings. The van der Waals surface area contributed by atoms with Gasteiger partial charge in [-0.25, -0.2) is 0 Å². The van der Waals surface area contributed by atoms with Gasteiger partial charge in [-0.3, -0.25) is 4.79 Å². The number of ketones is 1. The van der Waals surface area contributed by atoms with Crippen molar-refractivity contribution in [2.24, 2.45) is 0 Å². The van der Waals surface area contributed by atoms with Crippen LogP contribution in [0.4, 0.5) is 0 Å². The second-order valence-electron chi connectivity index (χ2n) is 6.16. The van der Waals surface area contributed by atoms with Crippen molar-refractivity contribution in [3.63, 3.8) is 0 Å². The van der Waals surface area contributed by atoms with E-state index in [4.69, 9.17) is 23.7 Å². The molecule has 4 rings (SSSR count). The minimum atomic E-state index is -0.125. The summed E-state index contributed by atoms with van der Waals surface area (Å²) in [6, 6.07) is 8.87. The summed E-state index contributed by atoms with van der Waals surface area (Å²) < 4.78 is 27.8. The Hall–Kier alpha value is -3.15. The Labute approximate surface area is 157 Å². The van der Waals surface area contributed by atoms with Gasteiger partial charge in [-0.15, -0.1) is 0 Å². The first-order valence-electron chi connectivity index (χ1n) is 8.84. The van der Waals surface area contributed by atoms with Crippen LogP contribution in [0.5, 0.6) is 28.7 Å². The second kappa shape index (κ2) is 7.61. The molecular weight excluding hydrogens is 348 g/mol. The number of ether oxygens (including phenoxy) is 5. The van der Waals surface area contributed by atoms with Crippen LogP contribution >= 0.6 is 0 Å². The SMILES string of the molecule is COc1cc(/C=C/C(=O)c2ccc3c(c2)OCCCO3)cc2c1OCCO2. The summed E-state index contributed by atoms with van der Waals surface area (Å²) in [5.74, 6) is 2.94. The topological polar surface area (TPSA) is 63.2 Å². The molecule has 2 heterocycles. The summed E-state index contributed by atoms with van der Waals surface area (Å²) in [5.41, 5.74) is 1.33. The van der Waals surface area contributed by atoms with Crippen molar-refractivity contribution < 1.29 is 28.5 Å². The van der Waals surface area contributed by atoms with Gasteiger partial charge < -0.3 is 23.7 Å². The number of hydrogen-bond acceptors (Lipinski definition) is 6. The van der Waals surface area contributed by atoms with Crippen molar-refractivity contribution in [2.75, 3.05) is 33.5 Å². The fraction of sp³-hybridized carbons (Fsp3) is 0.286. The molecule has 0 radical (unpaired) electrons. The van der Waals surface area contributed by atoms with E-state index in [1.165, 1.54) is 6.08 Å². The molecule has 0 amide bonds. The maximum atomic E-state index is 12.6. The first kappa shape index (κ1) is 17.3. The Morgan fingerprint density at radius 3 is 2.56 bits per heavy atom. The minimum absolute atomic E-state index is 0.125. The molecule has 140 valence electrons. The van der Waals surface area contributed by atoms with Crippen LogP contribution in [0.2, 0.25) is 0 Å². The number of carbonyl (C=O) groups excluding carboxylic acids is 1. The third-order valence-electron chi connectivity index (χ3n) is 4.31. The van der Waals surface area contributed by atoms with E-state index in [0.29, 0.717) is 60.7 Å². The van der Waals surface area contributed by atoms with Gasteiger partial charge in [-0.1, -0.05) is 6.08 Å². The van der Waals surface area contributed by atoms with Crippen LogP contribution in [0.25, 0.3) is 6.08 Å². The van der Waals surface area contributed by atoms with Crippen LogP contribution in [0.15, 0.2) is 36.4 Å². The first-order chi connectivity index (χ1) is 13.2. The fourth-order valence-corrected chi connectivity index (χ4v) is 2.97. The summed E-state index contributed by atoms with van der Waals surface area (Å²) in [6.07, 6.45) is 4.07. The maximum Gasteiger partial charge on any atom is 0.203 e. The van der Waals surface area contributed by atoms with Gasteiger partial charge in [0.15, 0.2) is 28.8 Å². The van der Waals surface area contributed by atoms with Crippen LogP contribution in [0.3, 0.4) is 0 Å². The molecule has 6 nitrogen and oxygen atoms in total. The molecule has 2 aromatic rings. The highest BCUT2D eigenvalue weighted by Gasteiger charge is 2.18. The van der Waals surface area contributed by atoms with Crippen molar-refractivity contribution in [1.29, 1.82) is 0 Å². The molecule has 2 aliphatic heterocycles. The lowest BCUT2D eigenvalue weighted by atomic mass is 10.1. The smallest absolute Gasteiger partial charge is 0.203 e. The zero-order valence-corrected chi connectivity index (χ0v) is 15.0. The second-order valence-corrected chi connectivity index (χ2v) is 6.16. The number of hydrogen-bond donors (Lipinski definition) is 0. The van der Waals surface area contributed by atoms with Crippen molar-refractivity contribution in [3.05, 3.63) is 47.5 Å². The van der Waals surface area contributed by atoms with Crippen molar-refractivity contribution in [3.8, 4) is 28.7 Å². The first-order valence-corrected chi connectivity index (χ1v) is 8.84. The van der Waals surface area contributed by atoms with Crippen LogP contribution in [0, 0.1) is 0 Å². The van der Waals surface area contributed by atoms with Gasteiger partial charge in [-0.05, 0) is 42.0 Å². The molecule has 0 saturated carbocycles. The largest absolute Gasteiger partial charge is 0.493 e. The number of fused-ring (bicyclic) bond motifs is 2. The molecule has 2 aliphatic rings. The van der Waals surface area contributed by atoms with Gasteiger partial charge >= 0.3 is 0 Å². The average molecular weight is 368 g/mol. The summed E-state index contributed by atoms with van der Waals surface area (Å²) in [5, 5.41) is 0. The van der Waals surface area contributed by atoms with Crippen molar-refractivity contribution in [2.45, 2.75) is 6.42 Å². The maximum absolute atomic E-state index is 12.6. The summed E-state index contributed by atoms with van der Waals surface area (Å²) in [4.78, 5) is 12.6. The standard InChI is InChI=1S/C21H20O6/c1-23-19-11-14(12-20-21(19)27-10-9-26-20)3-5-16(22)15-4-6-17-18(13-15)25-8-2-7-24-17/h3-6,11-13H,2,7-10H2,1H3/b5-3+. The van der Waals surface area contributed by atoms with Gasteiger partial charge in [0, 0.05) is 12.0 Å². The molecule has 0 N–H and O–H groups in total. The number of methoxy groups -OCH3 is 1. The lowest BCUT2D eigenvalue weighted by Crippen LogP contribution is -2.16. The van der Waals surface area contributed by atoms with Crippen LogP contribution in [0.1, 0.15) is 22.3 Å². The van der Waals surface area contributed by atoms with Crippen LogP contribution in [-0.2, 0) is 0 Å². The molecule has 27 heavy (non-hydrogen) atoms. The average Bonchev–Trinajstić information content (AvgIpc) is 2.96. The molecule has 0 aliphatic carbocycles. The monoisotopic (exact) mass is 368 g/mol. The highest BCUT2D eigenvalue weighted by Crippen LogP contribution is 2.40. The molecule has 0 atom stereocenters. The van der Waals surface area contributed by atoms with Gasteiger partial charge in [-0.2, -0.15) is 0 Å². The summed E-state index contributed by atoms with van der Waals surface area (Å²) in [6.45, 7) is 2.17. The molecule has 6 heteroatoms. The third-order valence-corrected chi connectivity index (χ3v) is 4.31. The highest BCUT2D eigenvalue weighted by atomic mass is 16.6. The zero-order valence-electron chi connectivity index (χ0n) is 15.0. The molecule has 0 bridgehead atoms. The highest BCUT2D eigenvalue weighted by molar-refractivity contribution is 6.07. The number of rotatable bonds is 4. The fourth-order valence-electron chi connectivity index (χ4n) is 2.97. The number of carbonyl (C=O) groups is 1. The Morgan fingerprint density at radius 2 is 1.70 bits per heavy atom. The van der Waals surface area contributed by atoms with Crippen molar-refractivity contribution >= 4 is 11.9 Å². The van der Waals surface area contributed by atoms with Crippen LogP contribution in [-0.4, -0.2) is 39.3 Å². The summed E-state index contributed by atoms with van der Waals surface area (Å²) >= 11 is 0. The van der Waals surface area contributed by atoms with E-state index in [2.05, 4.69) is 0 Å². The molecule has 2 aromatic carbocycles. The third kappa shape index (κ3) is 3.69. The van der Waals surface area contributed by atoms with Gasteiger partial charge in [0.2, 0.25) is 5.75 Å². The molecule has 0 aromatic heterocycles. The Bertz CT molecular complexity index is 869. The molecule has 0 spiro atoms. The van der Waals surface area contributed by atoms with E-state index in [9.17, 15) is 4.79 Å². The lowest BCUT2D eigenvalue weighted by molar-refractivity contribution is 0.104. The molecule has 0 saturated heterocycles. The zero-order chi connectivity index (χ0) is 18.6. The molecule has 0 unspecified atom stereocenters. The molecular formula is C21H20O6. The Balaban J connectivity index is 1.56. The van der Waals surface area contributed by atoms with E-state index in [-0.39, 0.29) is 5.78 Å². The van der Waals surface area contributed by atoms with E-state index in [1.807, 2.05) is 12.1 Å². The Kier molecular flexibility index (Phi) is 4.87. The van der Waals surface area contributed by atoms with E-state index in [0.717, 1.165) is 12.0 Å². The summed E-state index contributed by atoms with van der Waals surface area (Å²) in [7, 11) is 1.57. The van der Waals surface area contributed by atoms with E-state index < -0.39 is 0 Å². The van der Waals surface area contributed by atoms with Crippen molar-refractivity contribution in [1.82, 2.24) is 0 Å². The lowest BCUT2D eigenvalue weighted by Gasteiger charge is -2.20. The van der Waals surface area contributed by atoms with Gasteiger partial charge in [0.05, 0.1) is 20.3 Å². The number of allylic oxidation sites excluding steroid dienone is 1. The van der Waals surface area contributed by atoms with E-state index >= 15 is 0 Å². The predicted octanol–water partition coefficient (Wildman–Crippen LogP) is 3.52. The normalized spacial score (nSPS) is 15.3. The quantitative estimate of drug-likeness (QED) is 0.608. The minimum Gasteiger partial charge on any atom is -0.493 e. The van der Waals surface area contributed by atoms with Gasteiger partial charge in [0.1, 0.15) is 13.2 Å². The Morgan fingerprint density at radius 1 is 0.926 bits per heavy atom. The van der Waals surface area contributed by atoms with Crippen LogP contribution < -0.4 is 23.7 Å². The predicted molar refractivity (Wildman–Crippen MR) is 99.4 cm³/mol. The van der Waals surface area contributed by atoms with Gasteiger partial charge in [0.25, 0.3) is 0 Å². The van der Waals surface area contributed by atoms with E-state index in [1.54, 1.807) is 31.4 Å². The number of benzene rings is 2.